The molecule has 0 fully saturated rings. The van der Waals surface area contributed by atoms with Crippen molar-refractivity contribution in [3.05, 3.63) is 48.0 Å². The van der Waals surface area contributed by atoms with E-state index in [2.05, 4.69) is 86.8 Å². The molecule has 0 radical (unpaired) electrons. The van der Waals surface area contributed by atoms with Crippen LogP contribution in [-0.4, -0.2) is 36.2 Å². The van der Waals surface area contributed by atoms with E-state index in [1.807, 2.05) is 0 Å². The summed E-state index contributed by atoms with van der Waals surface area (Å²) in [6, 6.07) is 15.4. The van der Waals surface area contributed by atoms with Gasteiger partial charge in [-0.3, -0.25) is 0 Å². The number of unbranched alkanes of at least 4 members (excludes halogenated alkanes) is 6. The van der Waals surface area contributed by atoms with Crippen molar-refractivity contribution >= 4 is 45.1 Å². The van der Waals surface area contributed by atoms with Crippen molar-refractivity contribution in [2.75, 3.05) is 36.2 Å². The van der Waals surface area contributed by atoms with Gasteiger partial charge in [0.25, 0.3) is 0 Å². The number of hydrogen-bond acceptors (Lipinski definition) is 4. The molecule has 0 bridgehead atoms. The number of fused-ring (bicyclic) bond motifs is 2. The Kier molecular flexibility index (Phi) is 15.3. The lowest BCUT2D eigenvalue weighted by Gasteiger charge is -2.18. The number of hydrogen-bond donors (Lipinski definition) is 0. The van der Waals surface area contributed by atoms with E-state index >= 15 is 0 Å². The minimum absolute atomic E-state index is 0.756. The highest BCUT2D eigenvalue weighted by Gasteiger charge is 2.16. The molecule has 0 aliphatic heterocycles. The molecular formula is C34H50O2S2. The number of benzene rings is 3. The van der Waals surface area contributed by atoms with Gasteiger partial charge >= 0.3 is 0 Å². The first-order valence-electron chi connectivity index (χ1n) is 15.2. The van der Waals surface area contributed by atoms with Crippen LogP contribution in [0.4, 0.5) is 0 Å². The van der Waals surface area contributed by atoms with E-state index in [9.17, 15) is 0 Å². The molecule has 0 N–H and O–H groups in total. The first-order valence-corrected chi connectivity index (χ1v) is 17.5. The number of thioether (sulfide) groups is 2. The van der Waals surface area contributed by atoms with Gasteiger partial charge in [-0.05, 0) is 66.7 Å². The lowest BCUT2D eigenvalue weighted by atomic mass is 9.98. The average Bonchev–Trinajstić information content (AvgIpc) is 2.95. The van der Waals surface area contributed by atoms with Crippen LogP contribution < -0.4 is 9.47 Å². The van der Waals surface area contributed by atoms with Crippen molar-refractivity contribution in [3.8, 4) is 11.5 Å². The monoisotopic (exact) mass is 554 g/mol. The third-order valence-corrected chi connectivity index (χ3v) is 9.35. The van der Waals surface area contributed by atoms with E-state index in [-0.39, 0.29) is 0 Å². The van der Waals surface area contributed by atoms with Crippen molar-refractivity contribution in [3.63, 3.8) is 0 Å². The normalized spacial score (nSPS) is 11.4. The Bertz CT molecular complexity index is 1070. The lowest BCUT2D eigenvalue weighted by molar-refractivity contribution is 0.321. The molecule has 3 aromatic rings. The van der Waals surface area contributed by atoms with Crippen molar-refractivity contribution in [2.45, 2.75) is 91.4 Å². The lowest BCUT2D eigenvalue weighted by Crippen LogP contribution is -2.04. The maximum Gasteiger partial charge on any atom is 0.135 e. The molecule has 210 valence electrons. The third-order valence-electron chi connectivity index (χ3n) is 7.04. The van der Waals surface area contributed by atoms with Crippen LogP contribution in [0.15, 0.2) is 42.5 Å². The molecule has 0 spiro atoms. The zero-order valence-corrected chi connectivity index (χ0v) is 25.8. The summed E-state index contributed by atoms with van der Waals surface area (Å²) in [5.74, 6) is 6.92. The van der Waals surface area contributed by atoms with Crippen molar-refractivity contribution < 1.29 is 9.47 Å². The van der Waals surface area contributed by atoms with Gasteiger partial charge in [-0.15, -0.1) is 0 Å². The molecule has 0 amide bonds. The molecule has 0 saturated carbocycles. The highest BCUT2D eigenvalue weighted by molar-refractivity contribution is 7.99. The standard InChI is InChI=1S/C34H50O2S2/c1-4-7-9-13-23-37-25-15-21-35-33-29-17-11-12-18-30(29)34(32-27-28(6-3)19-20-31(32)33)36-22-16-26-38-24-14-10-8-5-2/h11-12,17-20,27H,4-10,13-16,21-26H2,1-3H3. The molecule has 3 aromatic carbocycles. The third kappa shape index (κ3) is 9.90. The minimum atomic E-state index is 0.756. The molecule has 0 atom stereocenters. The fraction of sp³-hybridized carbons (Fsp3) is 0.588. The first kappa shape index (κ1) is 31.0. The Balaban J connectivity index is 1.66. The minimum Gasteiger partial charge on any atom is -0.492 e. The van der Waals surface area contributed by atoms with Gasteiger partial charge < -0.3 is 9.47 Å². The fourth-order valence-corrected chi connectivity index (χ4v) is 6.68. The number of ether oxygens (including phenoxy) is 2. The summed E-state index contributed by atoms with van der Waals surface area (Å²) in [6.07, 6.45) is 13.9. The van der Waals surface area contributed by atoms with E-state index in [0.29, 0.717) is 0 Å². The van der Waals surface area contributed by atoms with Gasteiger partial charge in [0.15, 0.2) is 0 Å². The van der Waals surface area contributed by atoms with Crippen molar-refractivity contribution in [1.82, 2.24) is 0 Å². The Labute approximate surface area is 241 Å². The van der Waals surface area contributed by atoms with E-state index in [0.717, 1.165) is 49.4 Å². The molecule has 0 heterocycles. The van der Waals surface area contributed by atoms with E-state index in [1.165, 1.54) is 96.1 Å². The summed E-state index contributed by atoms with van der Waals surface area (Å²) >= 11 is 4.14. The molecule has 38 heavy (non-hydrogen) atoms. The Hall–Kier alpha value is -1.52. The average molecular weight is 555 g/mol. The van der Waals surface area contributed by atoms with Crippen LogP contribution in [0.2, 0.25) is 0 Å². The maximum absolute atomic E-state index is 6.56. The predicted molar refractivity (Wildman–Crippen MR) is 174 cm³/mol. The van der Waals surface area contributed by atoms with Gasteiger partial charge in [-0.25, -0.2) is 0 Å². The molecule has 0 aliphatic carbocycles. The molecule has 3 rings (SSSR count). The predicted octanol–water partition coefficient (Wildman–Crippen LogP) is 10.7. The smallest absolute Gasteiger partial charge is 0.135 e. The van der Waals surface area contributed by atoms with Gasteiger partial charge in [0.2, 0.25) is 0 Å². The fourth-order valence-electron chi connectivity index (χ4n) is 4.81. The van der Waals surface area contributed by atoms with Gasteiger partial charge in [-0.1, -0.05) is 95.7 Å². The summed E-state index contributed by atoms with van der Waals surface area (Å²) in [6.45, 7) is 8.28. The van der Waals surface area contributed by atoms with Crippen LogP contribution in [0.25, 0.3) is 21.5 Å². The summed E-state index contributed by atoms with van der Waals surface area (Å²) in [4.78, 5) is 0. The number of rotatable bonds is 21. The summed E-state index contributed by atoms with van der Waals surface area (Å²) in [5, 5.41) is 4.70. The molecule has 0 aliphatic rings. The Morgan fingerprint density at radius 2 is 1.03 bits per heavy atom. The molecule has 0 unspecified atom stereocenters. The quantitative estimate of drug-likeness (QED) is 0.0962. The van der Waals surface area contributed by atoms with Gasteiger partial charge in [0.1, 0.15) is 11.5 Å². The Morgan fingerprint density at radius 1 is 0.526 bits per heavy atom. The van der Waals surface area contributed by atoms with Crippen LogP contribution in [0.5, 0.6) is 11.5 Å². The summed E-state index contributed by atoms with van der Waals surface area (Å²) < 4.78 is 13.1. The topological polar surface area (TPSA) is 18.5 Å². The van der Waals surface area contributed by atoms with Gasteiger partial charge in [0, 0.05) is 21.5 Å². The van der Waals surface area contributed by atoms with Crippen LogP contribution in [0.3, 0.4) is 0 Å². The second kappa shape index (κ2) is 18.7. The Morgan fingerprint density at radius 3 is 1.55 bits per heavy atom. The second-order valence-electron chi connectivity index (χ2n) is 10.2. The van der Waals surface area contributed by atoms with Gasteiger partial charge in [0.05, 0.1) is 13.2 Å². The van der Waals surface area contributed by atoms with E-state index in [4.69, 9.17) is 9.47 Å². The van der Waals surface area contributed by atoms with Crippen LogP contribution in [-0.2, 0) is 6.42 Å². The summed E-state index contributed by atoms with van der Waals surface area (Å²) in [7, 11) is 0. The van der Waals surface area contributed by atoms with Crippen LogP contribution in [0.1, 0.15) is 90.5 Å². The van der Waals surface area contributed by atoms with E-state index < -0.39 is 0 Å². The molecule has 4 heteroatoms. The molecular weight excluding hydrogens is 505 g/mol. The summed E-state index contributed by atoms with van der Waals surface area (Å²) in [5.41, 5.74) is 1.34. The zero-order chi connectivity index (χ0) is 26.8. The largest absolute Gasteiger partial charge is 0.492 e. The number of aryl methyl sites for hydroxylation is 1. The highest BCUT2D eigenvalue weighted by atomic mass is 32.2. The second-order valence-corrected chi connectivity index (χ2v) is 12.6. The van der Waals surface area contributed by atoms with Crippen LogP contribution in [0, 0.1) is 0 Å². The van der Waals surface area contributed by atoms with Crippen molar-refractivity contribution in [2.24, 2.45) is 0 Å². The van der Waals surface area contributed by atoms with Crippen LogP contribution >= 0.6 is 23.5 Å². The van der Waals surface area contributed by atoms with Gasteiger partial charge in [-0.2, -0.15) is 23.5 Å². The van der Waals surface area contributed by atoms with E-state index in [1.54, 1.807) is 0 Å². The molecule has 2 nitrogen and oxygen atoms in total. The molecule has 0 aromatic heterocycles. The maximum atomic E-state index is 6.56. The molecule has 0 saturated heterocycles. The zero-order valence-electron chi connectivity index (χ0n) is 24.2. The highest BCUT2D eigenvalue weighted by Crippen LogP contribution is 2.43. The van der Waals surface area contributed by atoms with Crippen molar-refractivity contribution in [1.29, 1.82) is 0 Å². The SMILES string of the molecule is CCCCCCSCCCOc1c2ccccc2c(OCCCSCCCCCC)c2cc(CC)ccc12. The first-order chi connectivity index (χ1) is 18.8.